The Kier molecular flexibility index (Phi) is 3.67. The van der Waals surface area contributed by atoms with Gasteiger partial charge in [0, 0.05) is 26.2 Å². The number of amides is 1. The monoisotopic (exact) mass is 293 g/mol. The van der Waals surface area contributed by atoms with Crippen molar-refractivity contribution in [2.24, 2.45) is 5.92 Å². The van der Waals surface area contributed by atoms with Crippen LogP contribution in [0.5, 0.6) is 0 Å². The van der Waals surface area contributed by atoms with Crippen molar-refractivity contribution >= 4 is 5.91 Å². The Labute approximate surface area is 127 Å². The Hall–Kier alpha value is -0.650. The Bertz CT molecular complexity index is 398. The molecule has 1 unspecified atom stereocenters. The van der Waals surface area contributed by atoms with E-state index < -0.39 is 0 Å². The average molecular weight is 293 g/mol. The third-order valence-corrected chi connectivity index (χ3v) is 5.79. The van der Waals surface area contributed by atoms with E-state index >= 15 is 0 Å². The highest BCUT2D eigenvalue weighted by Gasteiger charge is 2.60. The quantitative estimate of drug-likeness (QED) is 0.833. The van der Waals surface area contributed by atoms with Gasteiger partial charge in [0.2, 0.25) is 5.91 Å². The van der Waals surface area contributed by atoms with E-state index in [0.717, 1.165) is 52.2 Å². The molecule has 0 aromatic carbocycles. The van der Waals surface area contributed by atoms with Crippen LogP contribution in [-0.2, 0) is 9.53 Å². The zero-order valence-corrected chi connectivity index (χ0v) is 12.9. The molecule has 0 aromatic rings. The van der Waals surface area contributed by atoms with E-state index in [4.69, 9.17) is 4.74 Å². The van der Waals surface area contributed by atoms with Gasteiger partial charge in [-0.05, 0) is 31.6 Å². The zero-order valence-electron chi connectivity index (χ0n) is 12.9. The minimum atomic E-state index is -0.154. The van der Waals surface area contributed by atoms with Crippen LogP contribution in [0.3, 0.4) is 0 Å². The molecule has 4 fully saturated rings. The summed E-state index contributed by atoms with van der Waals surface area (Å²) in [5.74, 6) is 1.06. The minimum Gasteiger partial charge on any atom is -0.379 e. The molecule has 2 aliphatic heterocycles. The van der Waals surface area contributed by atoms with Gasteiger partial charge >= 0.3 is 0 Å². The third kappa shape index (κ3) is 2.60. The number of rotatable bonds is 4. The van der Waals surface area contributed by atoms with E-state index in [-0.39, 0.29) is 5.54 Å². The standard InChI is InChI=1S/C16H27N3O2/c20-15-16(5-6-16)17-14(13-3-1-2-4-13)19(15)8-7-18-9-11-21-12-10-18/h13-14,17H,1-12H2. The van der Waals surface area contributed by atoms with Crippen LogP contribution in [0.2, 0.25) is 0 Å². The third-order valence-electron chi connectivity index (χ3n) is 5.79. The van der Waals surface area contributed by atoms with Crippen LogP contribution in [0.4, 0.5) is 0 Å². The molecule has 2 saturated carbocycles. The maximum atomic E-state index is 12.7. The van der Waals surface area contributed by atoms with Gasteiger partial charge in [0.1, 0.15) is 0 Å². The molecule has 0 bridgehead atoms. The predicted octanol–water partition coefficient (Wildman–Crippen LogP) is 0.799. The van der Waals surface area contributed by atoms with Crippen molar-refractivity contribution < 1.29 is 9.53 Å². The fourth-order valence-corrected chi connectivity index (χ4v) is 4.27. The lowest BCUT2D eigenvalue weighted by Crippen LogP contribution is -2.47. The molecule has 0 radical (unpaired) electrons. The normalized spacial score (nSPS) is 33.2. The molecule has 1 N–H and O–H groups in total. The van der Waals surface area contributed by atoms with Crippen LogP contribution >= 0.6 is 0 Å². The van der Waals surface area contributed by atoms with Crippen LogP contribution in [0.1, 0.15) is 38.5 Å². The van der Waals surface area contributed by atoms with Crippen LogP contribution in [0.25, 0.3) is 0 Å². The summed E-state index contributed by atoms with van der Waals surface area (Å²) in [6.45, 7) is 5.57. The first kappa shape index (κ1) is 14.0. The second kappa shape index (κ2) is 5.52. The Balaban J connectivity index is 1.41. The number of hydrogen-bond acceptors (Lipinski definition) is 4. The van der Waals surface area contributed by atoms with Crippen molar-refractivity contribution in [3.63, 3.8) is 0 Å². The van der Waals surface area contributed by atoms with Crippen molar-refractivity contribution in [2.45, 2.75) is 50.2 Å². The Morgan fingerprint density at radius 3 is 2.52 bits per heavy atom. The molecule has 0 aromatic heterocycles. The SMILES string of the molecule is O=C1N(CCN2CCOCC2)C(C2CCCC2)NC12CC2. The lowest BCUT2D eigenvalue weighted by Gasteiger charge is -2.32. The number of carbonyl (C=O) groups is 1. The van der Waals surface area contributed by atoms with Crippen LogP contribution in [0.15, 0.2) is 0 Å². The molecule has 5 nitrogen and oxygen atoms in total. The summed E-state index contributed by atoms with van der Waals surface area (Å²) in [5.41, 5.74) is -0.154. The number of ether oxygens (including phenoxy) is 1. The number of carbonyl (C=O) groups excluding carboxylic acids is 1. The molecular formula is C16H27N3O2. The number of nitrogens with one attached hydrogen (secondary N) is 1. The second-order valence-corrected chi connectivity index (χ2v) is 7.17. The van der Waals surface area contributed by atoms with Crippen LogP contribution < -0.4 is 5.32 Å². The fourth-order valence-electron chi connectivity index (χ4n) is 4.27. The molecule has 2 saturated heterocycles. The Morgan fingerprint density at radius 2 is 1.86 bits per heavy atom. The first-order valence-corrected chi connectivity index (χ1v) is 8.67. The van der Waals surface area contributed by atoms with Gasteiger partial charge in [-0.15, -0.1) is 0 Å². The molecule has 2 aliphatic carbocycles. The van der Waals surface area contributed by atoms with Crippen molar-refractivity contribution in [1.82, 2.24) is 15.1 Å². The largest absolute Gasteiger partial charge is 0.379 e. The topological polar surface area (TPSA) is 44.8 Å². The summed E-state index contributed by atoms with van der Waals surface area (Å²) in [7, 11) is 0. The zero-order chi connectivity index (χ0) is 14.3. The molecule has 118 valence electrons. The van der Waals surface area contributed by atoms with Gasteiger partial charge in [0.05, 0.1) is 24.9 Å². The second-order valence-electron chi connectivity index (χ2n) is 7.17. The van der Waals surface area contributed by atoms with Gasteiger partial charge in [0.15, 0.2) is 0 Å². The van der Waals surface area contributed by atoms with Gasteiger partial charge in [-0.2, -0.15) is 0 Å². The molecule has 5 heteroatoms. The van der Waals surface area contributed by atoms with Crippen LogP contribution in [-0.4, -0.2) is 66.8 Å². The van der Waals surface area contributed by atoms with E-state index in [0.29, 0.717) is 18.0 Å². The van der Waals surface area contributed by atoms with Gasteiger partial charge in [-0.1, -0.05) is 12.8 Å². The average Bonchev–Trinajstić information content (AvgIpc) is 2.99. The Morgan fingerprint density at radius 1 is 1.14 bits per heavy atom. The number of hydrogen-bond donors (Lipinski definition) is 1. The van der Waals surface area contributed by atoms with Crippen molar-refractivity contribution in [3.8, 4) is 0 Å². The lowest BCUT2D eigenvalue weighted by molar-refractivity contribution is -0.131. The minimum absolute atomic E-state index is 0.154. The molecule has 1 spiro atoms. The summed E-state index contributed by atoms with van der Waals surface area (Å²) >= 11 is 0. The molecule has 4 rings (SSSR count). The van der Waals surface area contributed by atoms with Crippen LogP contribution in [0, 0.1) is 5.92 Å². The molecular weight excluding hydrogens is 266 g/mol. The van der Waals surface area contributed by atoms with Gasteiger partial charge in [0.25, 0.3) is 0 Å². The van der Waals surface area contributed by atoms with Gasteiger partial charge in [-0.3, -0.25) is 15.0 Å². The first-order valence-electron chi connectivity index (χ1n) is 8.67. The fraction of sp³-hybridized carbons (Fsp3) is 0.938. The van der Waals surface area contributed by atoms with Crippen molar-refractivity contribution in [1.29, 1.82) is 0 Å². The van der Waals surface area contributed by atoms with Crippen molar-refractivity contribution in [2.75, 3.05) is 39.4 Å². The number of nitrogens with zero attached hydrogens (tertiary/aromatic N) is 2. The van der Waals surface area contributed by atoms with E-state index in [2.05, 4.69) is 15.1 Å². The van der Waals surface area contributed by atoms with Gasteiger partial charge in [-0.25, -0.2) is 0 Å². The highest BCUT2D eigenvalue weighted by Crippen LogP contribution is 2.45. The first-order chi connectivity index (χ1) is 10.3. The summed E-state index contributed by atoms with van der Waals surface area (Å²) in [6.07, 6.45) is 7.64. The van der Waals surface area contributed by atoms with E-state index in [1.54, 1.807) is 0 Å². The maximum Gasteiger partial charge on any atom is 0.244 e. The molecule has 4 aliphatic rings. The lowest BCUT2D eigenvalue weighted by atomic mass is 10.0. The molecule has 2 heterocycles. The summed E-state index contributed by atoms with van der Waals surface area (Å²) in [5, 5.41) is 3.70. The van der Waals surface area contributed by atoms with E-state index in [1.165, 1.54) is 25.7 Å². The smallest absolute Gasteiger partial charge is 0.244 e. The highest BCUT2D eigenvalue weighted by molar-refractivity contribution is 5.91. The van der Waals surface area contributed by atoms with Crippen molar-refractivity contribution in [3.05, 3.63) is 0 Å². The highest BCUT2D eigenvalue weighted by atomic mass is 16.5. The molecule has 1 atom stereocenters. The summed E-state index contributed by atoms with van der Waals surface area (Å²) in [6, 6.07) is 0. The summed E-state index contributed by atoms with van der Waals surface area (Å²) in [4.78, 5) is 17.4. The molecule has 1 amide bonds. The van der Waals surface area contributed by atoms with E-state index in [1.807, 2.05) is 0 Å². The predicted molar refractivity (Wildman–Crippen MR) is 79.8 cm³/mol. The van der Waals surface area contributed by atoms with E-state index in [9.17, 15) is 4.79 Å². The molecule has 21 heavy (non-hydrogen) atoms. The van der Waals surface area contributed by atoms with Gasteiger partial charge < -0.3 is 9.64 Å². The maximum absolute atomic E-state index is 12.7. The number of morpholine rings is 1. The summed E-state index contributed by atoms with van der Waals surface area (Å²) < 4.78 is 5.40.